The van der Waals surface area contributed by atoms with Gasteiger partial charge in [0.15, 0.2) is 0 Å². The Morgan fingerprint density at radius 1 is 0.758 bits per heavy atom. The number of ether oxygens (including phenoxy) is 1. The summed E-state index contributed by atoms with van der Waals surface area (Å²) in [6.45, 7) is 19.7. The van der Waals surface area contributed by atoms with Gasteiger partial charge in [0.05, 0.1) is 12.6 Å². The van der Waals surface area contributed by atoms with Crippen molar-refractivity contribution in [2.45, 2.75) is 122 Å². The van der Waals surface area contributed by atoms with Gasteiger partial charge < -0.3 is 9.64 Å². The van der Waals surface area contributed by atoms with E-state index in [-0.39, 0.29) is 21.9 Å². The van der Waals surface area contributed by atoms with Gasteiger partial charge in [-0.05, 0) is 148 Å². The lowest BCUT2D eigenvalue weighted by molar-refractivity contribution is -0.0195. The summed E-state index contributed by atoms with van der Waals surface area (Å²) in [4.78, 5) is 6.37. The van der Waals surface area contributed by atoms with Gasteiger partial charge in [0.1, 0.15) is 19.6 Å². The molecule has 1 atom stereocenters. The first-order chi connectivity index (χ1) is 30.1. The molecule has 0 spiro atoms. The van der Waals surface area contributed by atoms with Crippen LogP contribution >= 0.6 is 0 Å². The number of nitrogens with zero attached hydrogens (tertiary/aromatic N) is 3. The minimum atomic E-state index is -2.58. The van der Waals surface area contributed by atoms with Crippen LogP contribution in [0.15, 0.2) is 144 Å². The molecule has 3 fully saturated rings. The molecular formula is C57H63N3OSi. The Morgan fingerprint density at radius 3 is 1.90 bits per heavy atom. The molecule has 0 aromatic heterocycles. The fourth-order valence-electron chi connectivity index (χ4n) is 12.3. The summed E-state index contributed by atoms with van der Waals surface area (Å²) in [6, 6.07) is 42.4. The van der Waals surface area contributed by atoms with Gasteiger partial charge in [0.25, 0.3) is 5.70 Å². The van der Waals surface area contributed by atoms with Gasteiger partial charge in [-0.2, -0.15) is 0 Å². The third-order valence-corrected chi connectivity index (χ3v) is 21.5. The van der Waals surface area contributed by atoms with E-state index in [0.29, 0.717) is 16.7 Å². The van der Waals surface area contributed by atoms with Crippen LogP contribution < -0.4 is 20.5 Å². The Morgan fingerprint density at radius 2 is 1.34 bits per heavy atom. The third-order valence-electron chi connectivity index (χ3n) is 16.2. The second kappa shape index (κ2) is 16.7. The number of allylic oxidation sites excluding steroid dienone is 6. The van der Waals surface area contributed by atoms with Crippen molar-refractivity contribution < 1.29 is 4.74 Å². The highest BCUT2D eigenvalue weighted by molar-refractivity contribution is 7.11. The van der Waals surface area contributed by atoms with E-state index in [9.17, 15) is 5.26 Å². The number of rotatable bonds is 12. The van der Waals surface area contributed by atoms with Crippen LogP contribution in [0.4, 0.5) is 5.69 Å². The van der Waals surface area contributed by atoms with Crippen LogP contribution in [0.25, 0.3) is 10.9 Å². The van der Waals surface area contributed by atoms with Gasteiger partial charge in [-0.3, -0.25) is 0 Å². The molecule has 3 saturated carbocycles. The molecule has 62 heavy (non-hydrogen) atoms. The molecule has 10 rings (SSSR count). The first-order valence-electron chi connectivity index (χ1n) is 23.5. The summed E-state index contributed by atoms with van der Waals surface area (Å²) in [6.07, 6.45) is 22.9. The minimum Gasteiger partial charge on any atom is -0.461 e. The predicted molar refractivity (Wildman–Crippen MR) is 259 cm³/mol. The van der Waals surface area contributed by atoms with Crippen molar-refractivity contribution in [2.24, 2.45) is 10.8 Å². The lowest BCUT2D eigenvalue weighted by Gasteiger charge is -2.54. The van der Waals surface area contributed by atoms with Crippen LogP contribution in [0.1, 0.15) is 121 Å². The van der Waals surface area contributed by atoms with Gasteiger partial charge >= 0.3 is 0 Å². The van der Waals surface area contributed by atoms with Crippen molar-refractivity contribution in [3.05, 3.63) is 172 Å². The maximum absolute atomic E-state index is 10.1. The molecule has 0 saturated heterocycles. The molecule has 0 radical (unpaired) electrons. The van der Waals surface area contributed by atoms with Gasteiger partial charge in [-0.1, -0.05) is 144 Å². The third kappa shape index (κ3) is 7.51. The van der Waals surface area contributed by atoms with E-state index in [1.54, 1.807) is 0 Å². The molecule has 4 aromatic carbocycles. The van der Waals surface area contributed by atoms with Crippen molar-refractivity contribution in [3.8, 4) is 6.07 Å². The molecule has 316 valence electrons. The second-order valence-corrected chi connectivity index (χ2v) is 24.2. The zero-order chi connectivity index (χ0) is 43.0. The normalized spacial score (nSPS) is 25.8. The van der Waals surface area contributed by atoms with Gasteiger partial charge in [0.2, 0.25) is 0 Å². The zero-order valence-corrected chi connectivity index (χ0v) is 38.5. The van der Waals surface area contributed by atoms with E-state index in [0.717, 1.165) is 57.0 Å². The maximum Gasteiger partial charge on any atom is 0.269 e. The number of anilines is 1. The quantitative estimate of drug-likeness (QED) is 0.0469. The molecular weight excluding hydrogens is 771 g/mol. The summed E-state index contributed by atoms with van der Waals surface area (Å²) in [5.74, 6) is 1.68. The minimum absolute atomic E-state index is 0.0200. The van der Waals surface area contributed by atoms with Crippen molar-refractivity contribution in [2.75, 3.05) is 18.0 Å². The highest BCUT2D eigenvalue weighted by atomic mass is 28.3. The van der Waals surface area contributed by atoms with E-state index < -0.39 is 8.07 Å². The largest absolute Gasteiger partial charge is 0.461 e. The molecule has 0 amide bonds. The highest BCUT2D eigenvalue weighted by Crippen LogP contribution is 2.62. The summed E-state index contributed by atoms with van der Waals surface area (Å²) in [7, 11) is -2.58. The Bertz CT molecular complexity index is 2380. The molecule has 6 aliphatic rings. The topological polar surface area (TPSA) is 40.6 Å². The van der Waals surface area contributed by atoms with Gasteiger partial charge in [-0.25, -0.2) is 10.1 Å². The van der Waals surface area contributed by atoms with E-state index in [1.807, 2.05) is 12.2 Å². The number of hydrogen-bond donors (Lipinski definition) is 0. The Balaban J connectivity index is 1.12. The van der Waals surface area contributed by atoms with Crippen LogP contribution in [0.5, 0.6) is 0 Å². The summed E-state index contributed by atoms with van der Waals surface area (Å²) in [5.41, 5.74) is 6.68. The highest BCUT2D eigenvalue weighted by Gasteiger charge is 2.52. The van der Waals surface area contributed by atoms with Crippen LogP contribution in [0.2, 0.25) is 6.04 Å². The van der Waals surface area contributed by atoms with Crippen LogP contribution in [-0.2, 0) is 15.6 Å². The lowest BCUT2D eigenvalue weighted by Crippen LogP contribution is -2.69. The SMILES string of the molecule is [C-]#[N+]/C(C#N)=C1C=C(/C=C/c2cc3c4c(c2)C(C)(C[Si](c2ccccc2)(c2ccccc2)c2ccccc2)CCN4CCC3(C)C)OC(C23CCC(CCCCC)(CC2)CC3)=C\1. The number of hydrogen-bond acceptors (Lipinski definition) is 3. The van der Waals surface area contributed by atoms with Crippen molar-refractivity contribution >= 4 is 35.4 Å². The number of fused-ring (bicyclic) bond motifs is 3. The Labute approximate surface area is 372 Å². The first kappa shape index (κ1) is 42.0. The fourth-order valence-corrected chi connectivity index (χ4v) is 17.7. The first-order valence-corrected chi connectivity index (χ1v) is 25.7. The second-order valence-electron chi connectivity index (χ2n) is 20.3. The van der Waals surface area contributed by atoms with E-state index in [4.69, 9.17) is 11.3 Å². The monoisotopic (exact) mass is 833 g/mol. The molecule has 4 aromatic rings. The molecule has 3 heterocycles. The van der Waals surface area contributed by atoms with Crippen LogP contribution in [0, 0.1) is 28.7 Å². The van der Waals surface area contributed by atoms with E-state index in [1.165, 1.54) is 82.9 Å². The summed E-state index contributed by atoms with van der Waals surface area (Å²) < 4.78 is 6.95. The summed E-state index contributed by atoms with van der Waals surface area (Å²) >= 11 is 0. The number of benzene rings is 4. The maximum atomic E-state index is 10.1. The van der Waals surface area contributed by atoms with Crippen LogP contribution in [-0.4, -0.2) is 21.2 Å². The predicted octanol–water partition coefficient (Wildman–Crippen LogP) is 12.4. The molecule has 5 heteroatoms. The standard InChI is InChI=1S/C57H63N3OSi/c1-6-7-17-26-56-27-30-57(31-28-56,32-29-56)52-40-44(51(41-58)59-5)39-45(61-52)25-24-43-37-49-53-50(38-43)55(4,34-36-60(53)35-33-54(49,2)3)42-62(46-18-11-8-12-19-46,47-20-13-9-14-21-47)48-22-15-10-16-23-48/h8-16,18-25,37-40H,6-7,17,26-36,42H2,1-4H3/b25-24+,51-44+. The van der Waals surface area contributed by atoms with E-state index in [2.05, 4.69) is 159 Å². The summed E-state index contributed by atoms with van der Waals surface area (Å²) in [5, 5.41) is 14.4. The Kier molecular flexibility index (Phi) is 11.3. The smallest absolute Gasteiger partial charge is 0.269 e. The average molecular weight is 834 g/mol. The molecule has 3 aliphatic carbocycles. The van der Waals surface area contributed by atoms with Crippen molar-refractivity contribution in [1.82, 2.24) is 0 Å². The average Bonchev–Trinajstić information content (AvgIpc) is 3.31. The van der Waals surface area contributed by atoms with Crippen molar-refractivity contribution in [1.29, 1.82) is 5.26 Å². The van der Waals surface area contributed by atoms with E-state index >= 15 is 0 Å². The van der Waals surface area contributed by atoms with Gasteiger partial charge in [-0.15, -0.1) is 0 Å². The Hall–Kier alpha value is -5.36. The molecule has 0 N–H and O–H groups in total. The van der Waals surface area contributed by atoms with Crippen molar-refractivity contribution in [3.63, 3.8) is 0 Å². The number of nitriles is 1. The van der Waals surface area contributed by atoms with Gasteiger partial charge in [0, 0.05) is 24.2 Å². The number of unbranched alkanes of at least 4 members (excludes halogenated alkanes) is 2. The molecule has 1 unspecified atom stereocenters. The lowest BCUT2D eigenvalue weighted by atomic mass is 9.52. The fraction of sp³-hybridized carbons (Fsp3) is 0.404. The molecule has 3 aliphatic heterocycles. The molecule has 2 bridgehead atoms. The van der Waals surface area contributed by atoms with Crippen LogP contribution in [0.3, 0.4) is 0 Å². The zero-order valence-electron chi connectivity index (χ0n) is 37.5. The molecule has 4 nitrogen and oxygen atoms in total.